The number of carboxylic acids is 1. The van der Waals surface area contributed by atoms with Gasteiger partial charge in [-0.15, -0.1) is 0 Å². The third-order valence-electron chi connectivity index (χ3n) is 4.80. The van der Waals surface area contributed by atoms with Crippen molar-refractivity contribution in [2.45, 2.75) is 70.9 Å². The molecule has 2 N–H and O–H groups in total. The lowest BCUT2D eigenvalue weighted by Gasteiger charge is -2.28. The minimum Gasteiger partial charge on any atom is -0.481 e. The molecule has 1 aliphatic rings. The highest BCUT2D eigenvalue weighted by molar-refractivity contribution is 5.81. The van der Waals surface area contributed by atoms with Crippen molar-refractivity contribution in [2.75, 3.05) is 0 Å². The Morgan fingerprint density at radius 1 is 1.20 bits per heavy atom. The van der Waals surface area contributed by atoms with E-state index in [0.29, 0.717) is 31.4 Å². The minimum atomic E-state index is -0.736. The number of benzene rings is 1. The molecule has 0 heterocycles. The van der Waals surface area contributed by atoms with Crippen LogP contribution >= 0.6 is 0 Å². The fraction of sp³-hybridized carbons (Fsp3) is 0.600. The number of rotatable bonds is 5. The van der Waals surface area contributed by atoms with E-state index in [4.69, 9.17) is 9.84 Å². The van der Waals surface area contributed by atoms with Gasteiger partial charge in [-0.05, 0) is 55.7 Å². The molecule has 1 saturated carbocycles. The van der Waals surface area contributed by atoms with Gasteiger partial charge in [-0.25, -0.2) is 0 Å². The summed E-state index contributed by atoms with van der Waals surface area (Å²) in [4.78, 5) is 23.3. The van der Waals surface area contributed by atoms with Gasteiger partial charge in [-0.1, -0.05) is 32.9 Å². The van der Waals surface area contributed by atoms with Crippen LogP contribution in [0, 0.1) is 5.92 Å². The van der Waals surface area contributed by atoms with Gasteiger partial charge < -0.3 is 15.2 Å². The van der Waals surface area contributed by atoms with E-state index in [1.54, 1.807) is 6.92 Å². The summed E-state index contributed by atoms with van der Waals surface area (Å²) in [6.07, 6.45) is 2.04. The third kappa shape index (κ3) is 5.48. The van der Waals surface area contributed by atoms with E-state index in [9.17, 15) is 9.59 Å². The zero-order valence-corrected chi connectivity index (χ0v) is 15.5. The number of nitrogens with one attached hydrogen (secondary N) is 1. The highest BCUT2D eigenvalue weighted by Gasteiger charge is 2.28. The van der Waals surface area contributed by atoms with Crippen molar-refractivity contribution in [1.82, 2.24) is 5.32 Å². The molecule has 0 spiro atoms. The minimum absolute atomic E-state index is 0.0215. The van der Waals surface area contributed by atoms with E-state index in [1.165, 1.54) is 0 Å². The van der Waals surface area contributed by atoms with Crippen LogP contribution in [0.15, 0.2) is 24.3 Å². The van der Waals surface area contributed by atoms with E-state index in [1.807, 2.05) is 18.2 Å². The Kier molecular flexibility index (Phi) is 6.09. The van der Waals surface area contributed by atoms with Gasteiger partial charge in [-0.3, -0.25) is 9.59 Å². The number of aliphatic carboxylic acids is 1. The van der Waals surface area contributed by atoms with Crippen molar-refractivity contribution in [1.29, 1.82) is 0 Å². The first-order chi connectivity index (χ1) is 11.7. The predicted octanol–water partition coefficient (Wildman–Crippen LogP) is 3.51. The summed E-state index contributed by atoms with van der Waals surface area (Å²) >= 11 is 0. The smallest absolute Gasteiger partial charge is 0.306 e. The Morgan fingerprint density at radius 3 is 2.40 bits per heavy atom. The molecule has 5 heteroatoms. The molecule has 2 rings (SSSR count). The van der Waals surface area contributed by atoms with Gasteiger partial charge >= 0.3 is 5.97 Å². The summed E-state index contributed by atoms with van der Waals surface area (Å²) in [6, 6.07) is 7.86. The molecule has 138 valence electrons. The largest absolute Gasteiger partial charge is 0.481 e. The molecule has 1 aromatic carbocycles. The van der Waals surface area contributed by atoms with E-state index in [2.05, 4.69) is 32.2 Å². The summed E-state index contributed by atoms with van der Waals surface area (Å²) in [7, 11) is 0. The quantitative estimate of drug-likeness (QED) is 0.854. The molecule has 1 atom stereocenters. The van der Waals surface area contributed by atoms with Gasteiger partial charge in [0.05, 0.1) is 5.92 Å². The first-order valence-electron chi connectivity index (χ1n) is 8.97. The van der Waals surface area contributed by atoms with Crippen LogP contribution in [-0.4, -0.2) is 29.1 Å². The average molecular weight is 347 g/mol. The molecule has 0 aliphatic heterocycles. The number of carbonyl (C=O) groups is 2. The molecular formula is C20H29NO4. The zero-order valence-electron chi connectivity index (χ0n) is 15.5. The van der Waals surface area contributed by atoms with E-state index >= 15 is 0 Å². The zero-order chi connectivity index (χ0) is 18.6. The van der Waals surface area contributed by atoms with Crippen molar-refractivity contribution >= 4 is 11.9 Å². The summed E-state index contributed by atoms with van der Waals surface area (Å²) < 4.78 is 5.81. The molecule has 0 aromatic heterocycles. The lowest BCUT2D eigenvalue weighted by Crippen LogP contribution is -2.44. The van der Waals surface area contributed by atoms with E-state index in [0.717, 1.165) is 5.56 Å². The molecule has 1 fully saturated rings. The second kappa shape index (κ2) is 7.89. The third-order valence-corrected chi connectivity index (χ3v) is 4.80. The fourth-order valence-corrected chi connectivity index (χ4v) is 3.10. The Bertz CT molecular complexity index is 612. The van der Waals surface area contributed by atoms with Gasteiger partial charge in [0.2, 0.25) is 0 Å². The van der Waals surface area contributed by atoms with Crippen LogP contribution in [-0.2, 0) is 15.0 Å². The Balaban J connectivity index is 1.88. The van der Waals surface area contributed by atoms with Crippen LogP contribution in [0.4, 0.5) is 0 Å². The molecule has 5 nitrogen and oxygen atoms in total. The number of hydrogen-bond acceptors (Lipinski definition) is 3. The van der Waals surface area contributed by atoms with Crippen molar-refractivity contribution in [3.63, 3.8) is 0 Å². The number of ether oxygens (including phenoxy) is 1. The molecule has 1 amide bonds. The number of carbonyl (C=O) groups excluding carboxylic acids is 1. The van der Waals surface area contributed by atoms with Crippen LogP contribution in [0.2, 0.25) is 0 Å². The molecular weight excluding hydrogens is 318 g/mol. The SMILES string of the molecule is CC(Oc1cccc(C(C)(C)C)c1)C(=O)NC1CCC(C(=O)O)CC1. The molecule has 0 bridgehead atoms. The highest BCUT2D eigenvalue weighted by atomic mass is 16.5. The van der Waals surface area contributed by atoms with Gasteiger partial charge in [0.1, 0.15) is 5.75 Å². The van der Waals surface area contributed by atoms with E-state index in [-0.39, 0.29) is 23.3 Å². The second-order valence-electron chi connectivity index (χ2n) is 7.93. The predicted molar refractivity (Wildman–Crippen MR) is 96.8 cm³/mol. The Labute approximate surface area is 149 Å². The van der Waals surface area contributed by atoms with Crippen LogP contribution in [0.3, 0.4) is 0 Å². The van der Waals surface area contributed by atoms with Crippen molar-refractivity contribution < 1.29 is 19.4 Å². The molecule has 1 aromatic rings. The standard InChI is InChI=1S/C20H29NO4/c1-13(25-17-7-5-6-15(12-17)20(2,3)4)18(22)21-16-10-8-14(9-11-16)19(23)24/h5-7,12-14,16H,8-11H2,1-4H3,(H,21,22)(H,23,24). The second-order valence-corrected chi connectivity index (χ2v) is 7.93. The Hall–Kier alpha value is -2.04. The maximum atomic E-state index is 12.4. The Morgan fingerprint density at radius 2 is 1.84 bits per heavy atom. The van der Waals surface area contributed by atoms with Gasteiger partial charge in [0.15, 0.2) is 6.10 Å². The normalized spacial score (nSPS) is 22.1. The van der Waals surface area contributed by atoms with E-state index < -0.39 is 12.1 Å². The topological polar surface area (TPSA) is 75.6 Å². The van der Waals surface area contributed by atoms with Gasteiger partial charge in [0, 0.05) is 6.04 Å². The molecule has 25 heavy (non-hydrogen) atoms. The van der Waals surface area contributed by atoms with Crippen molar-refractivity contribution in [3.05, 3.63) is 29.8 Å². The van der Waals surface area contributed by atoms with Crippen LogP contribution in [0.5, 0.6) is 5.75 Å². The maximum absolute atomic E-state index is 12.4. The van der Waals surface area contributed by atoms with Crippen LogP contribution in [0.25, 0.3) is 0 Å². The maximum Gasteiger partial charge on any atom is 0.306 e. The summed E-state index contributed by atoms with van der Waals surface area (Å²) in [5.74, 6) is -0.480. The summed E-state index contributed by atoms with van der Waals surface area (Å²) in [6.45, 7) is 8.14. The number of amides is 1. The first kappa shape index (κ1) is 19.3. The molecule has 1 aliphatic carbocycles. The first-order valence-corrected chi connectivity index (χ1v) is 8.97. The molecule has 1 unspecified atom stereocenters. The van der Waals surface area contributed by atoms with Crippen LogP contribution < -0.4 is 10.1 Å². The average Bonchev–Trinajstić information content (AvgIpc) is 2.54. The van der Waals surface area contributed by atoms with Crippen LogP contribution in [0.1, 0.15) is 58.9 Å². The lowest BCUT2D eigenvalue weighted by molar-refractivity contribution is -0.142. The summed E-state index contributed by atoms with van der Waals surface area (Å²) in [5.41, 5.74) is 1.18. The fourth-order valence-electron chi connectivity index (χ4n) is 3.10. The van der Waals surface area contributed by atoms with Gasteiger partial charge in [0.25, 0.3) is 5.91 Å². The summed E-state index contributed by atoms with van der Waals surface area (Å²) in [5, 5.41) is 12.0. The van der Waals surface area contributed by atoms with Gasteiger partial charge in [-0.2, -0.15) is 0 Å². The lowest BCUT2D eigenvalue weighted by atomic mass is 9.86. The monoisotopic (exact) mass is 347 g/mol. The number of carboxylic acid groups (broad SMARTS) is 1. The molecule has 0 radical (unpaired) electrons. The number of hydrogen-bond donors (Lipinski definition) is 2. The highest BCUT2D eigenvalue weighted by Crippen LogP contribution is 2.27. The molecule has 0 saturated heterocycles. The van der Waals surface area contributed by atoms with Crippen molar-refractivity contribution in [3.8, 4) is 5.75 Å². The van der Waals surface area contributed by atoms with Crippen molar-refractivity contribution in [2.24, 2.45) is 5.92 Å².